The van der Waals surface area contributed by atoms with Crippen LogP contribution in [0.25, 0.3) is 0 Å². The van der Waals surface area contributed by atoms with E-state index in [9.17, 15) is 4.79 Å². The van der Waals surface area contributed by atoms with Crippen molar-refractivity contribution in [1.29, 1.82) is 0 Å². The first-order valence-corrected chi connectivity index (χ1v) is 4.94. The number of carbonyl (C=O) groups excluding carboxylic acids is 3. The van der Waals surface area contributed by atoms with Crippen LogP contribution in [0.15, 0.2) is 6.20 Å². The molecule has 1 aromatic rings. The third-order valence-corrected chi connectivity index (χ3v) is 1.85. The second kappa shape index (κ2) is 5.96. The molecule has 6 nitrogen and oxygen atoms in total. The van der Waals surface area contributed by atoms with Gasteiger partial charge in [0.2, 0.25) is 0 Å². The van der Waals surface area contributed by atoms with Gasteiger partial charge in [-0.15, -0.1) is 0 Å². The lowest BCUT2D eigenvalue weighted by molar-refractivity contribution is -0.191. The molecule has 0 fully saturated rings. The van der Waals surface area contributed by atoms with E-state index in [1.54, 1.807) is 11.7 Å². The van der Waals surface area contributed by atoms with Crippen molar-refractivity contribution in [1.82, 2.24) is 9.78 Å². The zero-order valence-corrected chi connectivity index (χ0v) is 10.6. The lowest BCUT2D eigenvalue weighted by Gasteiger charge is -2.19. The first-order valence-electron chi connectivity index (χ1n) is 4.94. The van der Waals surface area contributed by atoms with Crippen LogP contribution in [-0.2, 0) is 21.4 Å². The van der Waals surface area contributed by atoms with Crippen LogP contribution in [0.3, 0.4) is 0 Å². The summed E-state index contributed by atoms with van der Waals surface area (Å²) >= 11 is 0. The molecule has 0 aliphatic rings. The van der Waals surface area contributed by atoms with Gasteiger partial charge in [-0.25, -0.2) is 4.79 Å². The molecular formula is C11H16N2O4. The second-order valence-electron chi connectivity index (χ2n) is 4.35. The van der Waals surface area contributed by atoms with E-state index in [0.29, 0.717) is 5.56 Å². The Morgan fingerprint density at radius 2 is 1.88 bits per heavy atom. The highest BCUT2D eigenvalue weighted by Gasteiger charge is 2.20. The van der Waals surface area contributed by atoms with Crippen molar-refractivity contribution in [2.75, 3.05) is 0 Å². The van der Waals surface area contributed by atoms with Crippen LogP contribution in [0.2, 0.25) is 0 Å². The molecule has 1 heterocycles. The Hall–Kier alpha value is -1.94. The van der Waals surface area contributed by atoms with Crippen LogP contribution >= 0.6 is 0 Å². The fourth-order valence-electron chi connectivity index (χ4n) is 1.03. The van der Waals surface area contributed by atoms with Gasteiger partial charge >= 0.3 is 12.1 Å². The summed E-state index contributed by atoms with van der Waals surface area (Å²) in [6.07, 6.45) is 1.78. The lowest BCUT2D eigenvalue weighted by atomic mass is 10.2. The zero-order chi connectivity index (χ0) is 13.6. The van der Waals surface area contributed by atoms with Gasteiger partial charge in [-0.3, -0.25) is 4.68 Å². The number of aromatic nitrogens is 2. The predicted molar refractivity (Wildman–Crippen MR) is 58.1 cm³/mol. The summed E-state index contributed by atoms with van der Waals surface area (Å²) in [7, 11) is 1.79. The normalized spacial score (nSPS) is 9.94. The van der Waals surface area contributed by atoms with Gasteiger partial charge in [-0.1, -0.05) is 0 Å². The molecule has 0 unspecified atom stereocenters. The van der Waals surface area contributed by atoms with Crippen LogP contribution in [0.4, 0.5) is 0 Å². The molecule has 0 saturated heterocycles. The number of hydrogen-bond acceptors (Lipinski definition) is 5. The van der Waals surface area contributed by atoms with E-state index in [0.717, 1.165) is 5.69 Å². The molecule has 0 aliphatic carbocycles. The number of rotatable bonds is 1. The third-order valence-electron chi connectivity index (χ3n) is 1.85. The number of hydrogen-bond donors (Lipinski definition) is 0. The summed E-state index contributed by atoms with van der Waals surface area (Å²) in [5.74, 6) is -0.317. The second-order valence-corrected chi connectivity index (χ2v) is 4.35. The summed E-state index contributed by atoms with van der Waals surface area (Å²) in [5.41, 5.74) is 0.890. The van der Waals surface area contributed by atoms with E-state index in [-0.39, 0.29) is 12.1 Å². The third kappa shape index (κ3) is 5.08. The molecule has 0 bridgehead atoms. The highest BCUT2D eigenvalue weighted by molar-refractivity contribution is 5.90. The van der Waals surface area contributed by atoms with Crippen molar-refractivity contribution < 1.29 is 19.1 Å². The summed E-state index contributed by atoms with van der Waals surface area (Å²) in [5, 5.41) is 3.98. The minimum absolute atomic E-state index is 0.250. The van der Waals surface area contributed by atoms with Gasteiger partial charge in [0, 0.05) is 12.7 Å². The topological polar surface area (TPSA) is 78.3 Å². The summed E-state index contributed by atoms with van der Waals surface area (Å²) < 4.78 is 6.88. The van der Waals surface area contributed by atoms with Gasteiger partial charge in [0.15, 0.2) is 0 Å². The van der Waals surface area contributed by atoms with Crippen molar-refractivity contribution in [3.8, 4) is 0 Å². The Labute approximate surface area is 99.6 Å². The van der Waals surface area contributed by atoms with Gasteiger partial charge in [0.05, 0.1) is 6.20 Å². The standard InChI is InChI=1S/C10H16N2O2.CO2/c1-7-8(6-11-12(7)5)9(13)14-10(2,3)4;2-1-3/h6H,1-5H3;. The Morgan fingerprint density at radius 1 is 1.41 bits per heavy atom. The zero-order valence-electron chi connectivity index (χ0n) is 10.6. The molecule has 0 spiro atoms. The SMILES string of the molecule is Cc1c(C(=O)OC(C)(C)C)cnn1C.O=C=O. The lowest BCUT2D eigenvalue weighted by Crippen LogP contribution is -2.24. The number of esters is 1. The molecule has 17 heavy (non-hydrogen) atoms. The molecule has 94 valence electrons. The van der Waals surface area contributed by atoms with E-state index < -0.39 is 5.60 Å². The Morgan fingerprint density at radius 3 is 2.18 bits per heavy atom. The average Bonchev–Trinajstić information content (AvgIpc) is 2.46. The average molecular weight is 240 g/mol. The molecule has 0 atom stereocenters. The maximum absolute atomic E-state index is 11.6. The van der Waals surface area contributed by atoms with Gasteiger partial charge in [0.25, 0.3) is 0 Å². The Bertz CT molecular complexity index is 423. The van der Waals surface area contributed by atoms with Crippen LogP contribution in [0, 0.1) is 6.92 Å². The highest BCUT2D eigenvalue weighted by Crippen LogP contribution is 2.13. The highest BCUT2D eigenvalue weighted by atomic mass is 16.6. The summed E-state index contributed by atoms with van der Waals surface area (Å²) in [6, 6.07) is 0. The van der Waals surface area contributed by atoms with Crippen LogP contribution in [0.1, 0.15) is 36.8 Å². The predicted octanol–water partition coefficient (Wildman–Crippen LogP) is 1.10. The van der Waals surface area contributed by atoms with Crippen LogP contribution in [-0.4, -0.2) is 27.5 Å². The molecular weight excluding hydrogens is 224 g/mol. The van der Waals surface area contributed by atoms with E-state index in [1.807, 2.05) is 27.7 Å². The summed E-state index contributed by atoms with van der Waals surface area (Å²) in [4.78, 5) is 27.9. The number of carbonyl (C=O) groups is 1. The number of aryl methyl sites for hydroxylation is 1. The van der Waals surface area contributed by atoms with Crippen LogP contribution < -0.4 is 0 Å². The fourth-order valence-corrected chi connectivity index (χ4v) is 1.03. The Kier molecular flexibility index (Phi) is 5.28. The first-order chi connectivity index (χ1) is 7.72. The maximum Gasteiger partial charge on any atom is 0.373 e. The minimum atomic E-state index is -0.459. The molecule has 0 amide bonds. The number of ether oxygens (including phenoxy) is 1. The van der Waals surface area contributed by atoms with Crippen molar-refractivity contribution in [3.63, 3.8) is 0 Å². The molecule has 0 aliphatic heterocycles. The largest absolute Gasteiger partial charge is 0.456 e. The van der Waals surface area contributed by atoms with Gasteiger partial charge < -0.3 is 4.74 Å². The molecule has 0 saturated carbocycles. The molecule has 1 aromatic heterocycles. The van der Waals surface area contributed by atoms with Gasteiger partial charge in [-0.2, -0.15) is 14.7 Å². The molecule has 0 radical (unpaired) electrons. The maximum atomic E-state index is 11.6. The molecule has 1 rings (SSSR count). The van der Waals surface area contributed by atoms with Gasteiger partial charge in [0.1, 0.15) is 11.2 Å². The van der Waals surface area contributed by atoms with E-state index >= 15 is 0 Å². The van der Waals surface area contributed by atoms with Crippen molar-refractivity contribution >= 4 is 12.1 Å². The smallest absolute Gasteiger partial charge is 0.373 e. The van der Waals surface area contributed by atoms with Gasteiger partial charge in [-0.05, 0) is 27.7 Å². The van der Waals surface area contributed by atoms with Crippen molar-refractivity contribution in [3.05, 3.63) is 17.5 Å². The Balaban J connectivity index is 0.000000770. The molecule has 0 N–H and O–H groups in total. The summed E-state index contributed by atoms with van der Waals surface area (Å²) in [6.45, 7) is 7.37. The molecule has 0 aromatic carbocycles. The molecule has 6 heteroatoms. The van der Waals surface area contributed by atoms with E-state index in [2.05, 4.69) is 5.10 Å². The van der Waals surface area contributed by atoms with Crippen LogP contribution in [0.5, 0.6) is 0 Å². The number of nitrogens with zero attached hydrogens (tertiary/aromatic N) is 2. The fraction of sp³-hybridized carbons (Fsp3) is 0.545. The van der Waals surface area contributed by atoms with E-state index in [1.165, 1.54) is 6.20 Å². The van der Waals surface area contributed by atoms with Crippen molar-refractivity contribution in [2.24, 2.45) is 7.05 Å². The van der Waals surface area contributed by atoms with Crippen molar-refractivity contribution in [2.45, 2.75) is 33.3 Å². The van der Waals surface area contributed by atoms with E-state index in [4.69, 9.17) is 14.3 Å². The first kappa shape index (κ1) is 15.1. The minimum Gasteiger partial charge on any atom is -0.456 e. The monoisotopic (exact) mass is 240 g/mol. The quantitative estimate of drug-likeness (QED) is 0.687.